The van der Waals surface area contributed by atoms with Gasteiger partial charge in [0.15, 0.2) is 0 Å². The van der Waals surface area contributed by atoms with Crippen molar-refractivity contribution in [2.24, 2.45) is 0 Å². The Morgan fingerprint density at radius 2 is 1.67 bits per heavy atom. The first-order valence-corrected chi connectivity index (χ1v) is 6.99. The second-order valence-corrected chi connectivity index (χ2v) is 5.40. The molecule has 0 aliphatic heterocycles. The molecule has 0 aliphatic carbocycles. The molecule has 0 aromatic rings. The van der Waals surface area contributed by atoms with E-state index in [2.05, 4.69) is 13.8 Å². The minimum absolute atomic E-state index is 0.0439. The van der Waals surface area contributed by atoms with Crippen LogP contribution in [0.2, 0.25) is 0 Å². The number of alkyl halides is 1. The predicted molar refractivity (Wildman–Crippen MR) is 55.5 cm³/mol. The van der Waals surface area contributed by atoms with Crippen molar-refractivity contribution in [3.05, 3.63) is 0 Å². The first-order chi connectivity index (χ1) is 5.85. The van der Waals surface area contributed by atoms with Crippen LogP contribution in [0, 0.1) is 0 Å². The molecule has 12 heavy (non-hydrogen) atoms. The maximum Gasteiger partial charge on any atom is 0.136 e. The summed E-state index contributed by atoms with van der Waals surface area (Å²) in [5.74, 6) is 0.0439. The van der Waals surface area contributed by atoms with Gasteiger partial charge in [0.1, 0.15) is 15.4 Å². The lowest BCUT2D eigenvalue weighted by Crippen LogP contribution is -2.26. The molecule has 0 rings (SSSR count). The molecule has 0 amide bonds. The van der Waals surface area contributed by atoms with Crippen LogP contribution < -0.4 is 0 Å². The van der Waals surface area contributed by atoms with Gasteiger partial charge in [0, 0.05) is 18.7 Å². The molecular weight excluding hydrogens is 192 g/mol. The topological polar surface area (TPSA) is 18.5 Å². The van der Waals surface area contributed by atoms with Gasteiger partial charge in [-0.15, -0.1) is 11.6 Å². The minimum Gasteiger partial charge on any atom is -0.357 e. The van der Waals surface area contributed by atoms with Gasteiger partial charge in [0.05, 0.1) is 0 Å². The van der Waals surface area contributed by atoms with Crippen LogP contribution in [-0.4, -0.2) is 34.1 Å². The van der Waals surface area contributed by atoms with Crippen LogP contribution in [0.5, 0.6) is 0 Å². The molecule has 0 atom stereocenters. The maximum absolute atomic E-state index is 5.66. The fourth-order valence-electron chi connectivity index (χ4n) is 0.802. The first kappa shape index (κ1) is 12.4. The van der Waals surface area contributed by atoms with Crippen molar-refractivity contribution in [1.82, 2.24) is 0 Å². The molecule has 0 aromatic carbocycles. The quantitative estimate of drug-likeness (QED) is 0.344. The second kappa shape index (κ2) is 9.51. The highest BCUT2D eigenvalue weighted by molar-refractivity contribution is 6.50. The third kappa shape index (κ3) is 7.10. The van der Waals surface area contributed by atoms with Gasteiger partial charge < -0.3 is 9.47 Å². The second-order valence-electron chi connectivity index (χ2n) is 2.65. The van der Waals surface area contributed by atoms with E-state index in [9.17, 15) is 0 Å². The number of hydrogen-bond donors (Lipinski definition) is 0. The van der Waals surface area contributed by atoms with Crippen molar-refractivity contribution in [3.63, 3.8) is 0 Å². The highest BCUT2D eigenvalue weighted by atomic mass is 35.5. The summed E-state index contributed by atoms with van der Waals surface area (Å²) in [6.07, 6.45) is 2.09. The zero-order chi connectivity index (χ0) is 9.23. The summed E-state index contributed by atoms with van der Waals surface area (Å²) in [4.78, 5) is 0. The summed E-state index contributed by atoms with van der Waals surface area (Å²) < 4.78 is 11.0. The standard InChI is InChI=1S/C8H19ClO2Si/c1-3-5-10-8(12-7-9)11-6-4-2/h8H,3-7,12H2,1-2H3. The van der Waals surface area contributed by atoms with Crippen LogP contribution in [0.4, 0.5) is 0 Å². The van der Waals surface area contributed by atoms with Gasteiger partial charge in [0.25, 0.3) is 0 Å². The molecule has 0 heterocycles. The smallest absolute Gasteiger partial charge is 0.136 e. The predicted octanol–water partition coefficient (Wildman–Crippen LogP) is 1.49. The van der Waals surface area contributed by atoms with Crippen LogP contribution in [0.25, 0.3) is 0 Å². The summed E-state index contributed by atoms with van der Waals surface area (Å²) in [7, 11) is -0.384. The van der Waals surface area contributed by atoms with Gasteiger partial charge in [-0.2, -0.15) is 0 Å². The summed E-state index contributed by atoms with van der Waals surface area (Å²) in [5.41, 5.74) is 0.734. The number of rotatable bonds is 8. The lowest BCUT2D eigenvalue weighted by Gasteiger charge is -2.16. The average molecular weight is 211 g/mol. The molecule has 0 aliphatic rings. The van der Waals surface area contributed by atoms with E-state index in [1.807, 2.05) is 0 Å². The lowest BCUT2D eigenvalue weighted by molar-refractivity contribution is -0.0901. The van der Waals surface area contributed by atoms with E-state index in [0.29, 0.717) is 0 Å². The molecule has 4 heteroatoms. The fourth-order valence-corrected chi connectivity index (χ4v) is 2.18. The molecule has 0 bridgehead atoms. The summed E-state index contributed by atoms with van der Waals surface area (Å²) >= 11 is 5.66. The van der Waals surface area contributed by atoms with Crippen molar-refractivity contribution in [3.8, 4) is 0 Å². The molecule has 0 unspecified atom stereocenters. The van der Waals surface area contributed by atoms with Crippen molar-refractivity contribution >= 4 is 21.1 Å². The Bertz CT molecular complexity index is 85.1. The van der Waals surface area contributed by atoms with Crippen LogP contribution in [0.15, 0.2) is 0 Å². The van der Waals surface area contributed by atoms with Crippen molar-refractivity contribution in [1.29, 1.82) is 0 Å². The Morgan fingerprint density at radius 3 is 2.00 bits per heavy atom. The Morgan fingerprint density at radius 1 is 1.17 bits per heavy atom. The molecule has 0 spiro atoms. The average Bonchev–Trinajstić information content (AvgIpc) is 2.10. The van der Waals surface area contributed by atoms with E-state index in [1.54, 1.807) is 0 Å². The van der Waals surface area contributed by atoms with Crippen LogP contribution in [-0.2, 0) is 9.47 Å². The zero-order valence-corrected chi connectivity index (χ0v) is 10.2. The Labute approximate surface area is 82.4 Å². The van der Waals surface area contributed by atoms with E-state index in [1.165, 1.54) is 0 Å². The lowest BCUT2D eigenvalue weighted by atomic mass is 10.5. The molecule has 0 radical (unpaired) electrons. The fraction of sp³-hybridized carbons (Fsp3) is 1.00. The number of hydrogen-bond acceptors (Lipinski definition) is 2. The van der Waals surface area contributed by atoms with Crippen molar-refractivity contribution in [2.75, 3.05) is 18.7 Å². The van der Waals surface area contributed by atoms with Gasteiger partial charge in [-0.1, -0.05) is 13.8 Å². The molecule has 74 valence electrons. The van der Waals surface area contributed by atoms with E-state index in [-0.39, 0.29) is 15.4 Å². The molecule has 0 saturated heterocycles. The third-order valence-electron chi connectivity index (χ3n) is 1.36. The van der Waals surface area contributed by atoms with Gasteiger partial charge >= 0.3 is 0 Å². The molecule has 0 fully saturated rings. The first-order valence-electron chi connectivity index (χ1n) is 4.64. The number of halogens is 1. The van der Waals surface area contributed by atoms with Crippen molar-refractivity contribution < 1.29 is 9.47 Å². The zero-order valence-electron chi connectivity index (χ0n) is 8.01. The highest BCUT2D eigenvalue weighted by Gasteiger charge is 2.07. The molecule has 0 N–H and O–H groups in total. The van der Waals surface area contributed by atoms with E-state index >= 15 is 0 Å². The number of ether oxygens (including phenoxy) is 2. The van der Waals surface area contributed by atoms with Gasteiger partial charge in [-0.25, -0.2) is 0 Å². The third-order valence-corrected chi connectivity index (χ3v) is 3.18. The van der Waals surface area contributed by atoms with E-state index < -0.39 is 0 Å². The van der Waals surface area contributed by atoms with Gasteiger partial charge in [0.2, 0.25) is 0 Å². The van der Waals surface area contributed by atoms with Crippen molar-refractivity contribution in [2.45, 2.75) is 32.6 Å². The monoisotopic (exact) mass is 210 g/mol. The van der Waals surface area contributed by atoms with Crippen LogP contribution in [0.3, 0.4) is 0 Å². The van der Waals surface area contributed by atoms with Gasteiger partial charge in [-0.3, -0.25) is 0 Å². The highest BCUT2D eigenvalue weighted by Crippen LogP contribution is 1.97. The Kier molecular flexibility index (Phi) is 9.85. The maximum atomic E-state index is 5.66. The summed E-state index contributed by atoms with van der Waals surface area (Å²) in [5, 5.41) is 0. The molecule has 2 nitrogen and oxygen atoms in total. The Hall–Kier alpha value is 0.427. The van der Waals surface area contributed by atoms with Crippen LogP contribution in [0.1, 0.15) is 26.7 Å². The van der Waals surface area contributed by atoms with Gasteiger partial charge in [-0.05, 0) is 12.8 Å². The normalized spacial score (nSPS) is 12.0. The molecule has 0 aromatic heterocycles. The molecule has 0 saturated carbocycles. The van der Waals surface area contributed by atoms with Crippen LogP contribution >= 0.6 is 11.6 Å². The van der Waals surface area contributed by atoms with E-state index in [0.717, 1.165) is 31.6 Å². The van der Waals surface area contributed by atoms with E-state index in [4.69, 9.17) is 21.1 Å². The summed E-state index contributed by atoms with van der Waals surface area (Å²) in [6, 6.07) is 0. The molecular formula is C8H19ClO2Si. The minimum atomic E-state index is -0.384. The summed E-state index contributed by atoms with van der Waals surface area (Å²) in [6.45, 7) is 5.77. The SMILES string of the molecule is CCCOC(OCCC)[SiH2]CCl. The Balaban J connectivity index is 3.40. The largest absolute Gasteiger partial charge is 0.357 e.